The second-order valence-electron chi connectivity index (χ2n) is 4.89. The Morgan fingerprint density at radius 2 is 2.00 bits per heavy atom. The summed E-state index contributed by atoms with van der Waals surface area (Å²) in [5, 5.41) is 12.3. The van der Waals surface area contributed by atoms with E-state index in [1.54, 1.807) is 4.90 Å². The quantitative estimate of drug-likeness (QED) is 0.514. The normalized spacial score (nSPS) is 17.4. The molecule has 1 saturated heterocycles. The molecule has 0 aromatic heterocycles. The van der Waals surface area contributed by atoms with E-state index < -0.39 is 11.6 Å². The van der Waals surface area contributed by atoms with Crippen LogP contribution < -0.4 is 0 Å². The highest BCUT2D eigenvalue weighted by Gasteiger charge is 2.27. The van der Waals surface area contributed by atoms with Crippen LogP contribution in [0.4, 0.5) is 8.78 Å². The van der Waals surface area contributed by atoms with Gasteiger partial charge in [0.25, 0.3) is 0 Å². The second-order valence-corrected chi connectivity index (χ2v) is 4.89. The predicted octanol–water partition coefficient (Wildman–Crippen LogP) is 2.40. The molecule has 0 unspecified atom stereocenters. The minimum atomic E-state index is -0.744. The monoisotopic (exact) mass is 282 g/mol. The van der Waals surface area contributed by atoms with Crippen molar-refractivity contribution >= 4 is 11.6 Å². The van der Waals surface area contributed by atoms with E-state index >= 15 is 0 Å². The molecule has 1 N–H and O–H groups in total. The highest BCUT2D eigenvalue weighted by Crippen LogP contribution is 2.24. The van der Waals surface area contributed by atoms with Gasteiger partial charge in [0.2, 0.25) is 5.91 Å². The topological polar surface area (TPSA) is 52.9 Å². The molecule has 1 aliphatic rings. The number of benzene rings is 1. The Balaban J connectivity index is 2.16. The summed E-state index contributed by atoms with van der Waals surface area (Å²) in [4.78, 5) is 13.0. The largest absolute Gasteiger partial charge is 0.411 e. The molecule has 1 aromatic rings. The molecule has 0 radical (unpaired) electrons. The van der Waals surface area contributed by atoms with Crippen LogP contribution in [0.1, 0.15) is 25.3 Å². The van der Waals surface area contributed by atoms with Gasteiger partial charge in [0, 0.05) is 37.6 Å². The van der Waals surface area contributed by atoms with Gasteiger partial charge < -0.3 is 10.1 Å². The fourth-order valence-electron chi connectivity index (χ4n) is 2.52. The Hall–Kier alpha value is -1.98. The van der Waals surface area contributed by atoms with Crippen molar-refractivity contribution < 1.29 is 18.8 Å². The molecular formula is C14H16F2N2O2. The Morgan fingerprint density at radius 1 is 1.35 bits per heavy atom. The van der Waals surface area contributed by atoms with E-state index in [1.165, 1.54) is 13.0 Å². The van der Waals surface area contributed by atoms with Gasteiger partial charge in [0.1, 0.15) is 11.6 Å². The Bertz CT molecular complexity index is 538. The molecule has 6 heteroatoms. The number of piperidine rings is 1. The second kappa shape index (κ2) is 5.98. The number of likely N-dealkylation sites (tertiary alicyclic amines) is 1. The minimum Gasteiger partial charge on any atom is -0.411 e. The maximum Gasteiger partial charge on any atom is 0.219 e. The van der Waals surface area contributed by atoms with E-state index in [-0.39, 0.29) is 23.1 Å². The maximum absolute atomic E-state index is 13.8. The summed E-state index contributed by atoms with van der Waals surface area (Å²) in [6.45, 7) is 2.59. The number of halogens is 2. The number of nitrogens with zero attached hydrogens (tertiary/aromatic N) is 2. The minimum absolute atomic E-state index is 0.00102. The van der Waals surface area contributed by atoms with Crippen LogP contribution >= 0.6 is 0 Å². The smallest absolute Gasteiger partial charge is 0.219 e. The summed E-state index contributed by atoms with van der Waals surface area (Å²) in [5.41, 5.74) is 0.320. The van der Waals surface area contributed by atoms with Gasteiger partial charge in [-0.25, -0.2) is 8.78 Å². The van der Waals surface area contributed by atoms with Crippen molar-refractivity contribution in [2.24, 2.45) is 11.1 Å². The van der Waals surface area contributed by atoms with E-state index in [0.29, 0.717) is 25.9 Å². The zero-order chi connectivity index (χ0) is 14.7. The molecule has 0 atom stereocenters. The molecule has 2 rings (SSSR count). The van der Waals surface area contributed by atoms with Crippen molar-refractivity contribution in [1.82, 2.24) is 4.90 Å². The first-order valence-corrected chi connectivity index (χ1v) is 6.45. The summed E-state index contributed by atoms with van der Waals surface area (Å²) in [6.07, 6.45) is 1.19. The summed E-state index contributed by atoms with van der Waals surface area (Å²) in [6, 6.07) is 3.18. The number of oxime groups is 1. The molecule has 20 heavy (non-hydrogen) atoms. The molecule has 0 spiro atoms. The van der Waals surface area contributed by atoms with E-state index in [9.17, 15) is 13.6 Å². The maximum atomic E-state index is 13.8. The molecule has 0 saturated carbocycles. The van der Waals surface area contributed by atoms with Gasteiger partial charge in [0.05, 0.1) is 5.71 Å². The first-order chi connectivity index (χ1) is 9.52. The average molecular weight is 282 g/mol. The number of amides is 1. The van der Waals surface area contributed by atoms with Gasteiger partial charge in [-0.1, -0.05) is 5.16 Å². The van der Waals surface area contributed by atoms with E-state index in [0.717, 1.165) is 12.1 Å². The van der Waals surface area contributed by atoms with Gasteiger partial charge in [-0.3, -0.25) is 4.79 Å². The lowest BCUT2D eigenvalue weighted by atomic mass is 9.88. The Morgan fingerprint density at radius 3 is 2.50 bits per heavy atom. The van der Waals surface area contributed by atoms with Gasteiger partial charge in [-0.2, -0.15) is 0 Å². The molecule has 0 bridgehead atoms. The average Bonchev–Trinajstić information content (AvgIpc) is 2.42. The lowest BCUT2D eigenvalue weighted by Crippen LogP contribution is -2.39. The standard InChI is InChI=1S/C14H16F2N2O2/c1-9(19)18-6-4-10(5-7-18)14(17-20)12-3-2-11(15)8-13(12)16/h2-3,8,10,20H,4-7H2,1H3/b17-14-. The SMILES string of the molecule is CC(=O)N1CCC(/C(=N/O)c2ccc(F)cc2F)CC1. The first-order valence-electron chi connectivity index (χ1n) is 6.45. The van der Waals surface area contributed by atoms with Crippen molar-refractivity contribution in [2.75, 3.05) is 13.1 Å². The van der Waals surface area contributed by atoms with Crippen molar-refractivity contribution in [3.8, 4) is 0 Å². The Kier molecular flexibility index (Phi) is 4.32. The number of hydrogen-bond donors (Lipinski definition) is 1. The molecule has 0 aliphatic carbocycles. The highest BCUT2D eigenvalue weighted by atomic mass is 19.1. The number of rotatable bonds is 2. The molecule has 4 nitrogen and oxygen atoms in total. The molecule has 1 heterocycles. The molecule has 108 valence electrons. The van der Waals surface area contributed by atoms with Gasteiger partial charge >= 0.3 is 0 Å². The lowest BCUT2D eigenvalue weighted by molar-refractivity contribution is -0.129. The van der Waals surface area contributed by atoms with Crippen LogP contribution in [0.5, 0.6) is 0 Å². The number of hydrogen-bond acceptors (Lipinski definition) is 3. The first kappa shape index (κ1) is 14.4. The van der Waals surface area contributed by atoms with E-state index in [1.807, 2.05) is 0 Å². The van der Waals surface area contributed by atoms with Crippen LogP contribution in [0.2, 0.25) is 0 Å². The van der Waals surface area contributed by atoms with Crippen LogP contribution in [0.25, 0.3) is 0 Å². The molecular weight excluding hydrogens is 266 g/mol. The fraction of sp³-hybridized carbons (Fsp3) is 0.429. The number of carbonyl (C=O) groups is 1. The van der Waals surface area contributed by atoms with Crippen LogP contribution in [-0.4, -0.2) is 34.8 Å². The molecule has 1 aliphatic heterocycles. The summed E-state index contributed by atoms with van der Waals surface area (Å²) in [7, 11) is 0. The van der Waals surface area contributed by atoms with Crippen LogP contribution in [0.3, 0.4) is 0 Å². The lowest BCUT2D eigenvalue weighted by Gasteiger charge is -2.31. The predicted molar refractivity (Wildman–Crippen MR) is 69.7 cm³/mol. The van der Waals surface area contributed by atoms with Crippen molar-refractivity contribution in [1.29, 1.82) is 0 Å². The fourth-order valence-corrected chi connectivity index (χ4v) is 2.52. The van der Waals surface area contributed by atoms with Gasteiger partial charge in [-0.15, -0.1) is 0 Å². The van der Waals surface area contributed by atoms with Crippen molar-refractivity contribution in [2.45, 2.75) is 19.8 Å². The third kappa shape index (κ3) is 2.95. The molecule has 1 amide bonds. The van der Waals surface area contributed by atoms with E-state index in [2.05, 4.69) is 5.16 Å². The zero-order valence-corrected chi connectivity index (χ0v) is 11.1. The van der Waals surface area contributed by atoms with Crippen LogP contribution in [0, 0.1) is 17.6 Å². The molecule has 1 fully saturated rings. The van der Waals surface area contributed by atoms with Crippen molar-refractivity contribution in [3.63, 3.8) is 0 Å². The number of carbonyl (C=O) groups excluding carboxylic acids is 1. The summed E-state index contributed by atoms with van der Waals surface area (Å²) < 4.78 is 26.7. The Labute approximate surface area is 115 Å². The summed E-state index contributed by atoms with van der Waals surface area (Å²) >= 11 is 0. The highest BCUT2D eigenvalue weighted by molar-refractivity contribution is 6.02. The van der Waals surface area contributed by atoms with Gasteiger partial charge in [0.15, 0.2) is 0 Å². The van der Waals surface area contributed by atoms with E-state index in [4.69, 9.17) is 5.21 Å². The third-order valence-corrected chi connectivity index (χ3v) is 3.64. The van der Waals surface area contributed by atoms with Crippen LogP contribution in [-0.2, 0) is 4.79 Å². The zero-order valence-electron chi connectivity index (χ0n) is 11.1. The van der Waals surface area contributed by atoms with Gasteiger partial charge in [-0.05, 0) is 25.0 Å². The molecule has 1 aromatic carbocycles. The third-order valence-electron chi connectivity index (χ3n) is 3.64. The van der Waals surface area contributed by atoms with Crippen LogP contribution in [0.15, 0.2) is 23.4 Å². The van der Waals surface area contributed by atoms with Crippen molar-refractivity contribution in [3.05, 3.63) is 35.4 Å². The summed E-state index contributed by atoms with van der Waals surface area (Å²) in [5.74, 6) is -1.56.